The molecule has 2 aromatic rings. The zero-order valence-electron chi connectivity index (χ0n) is 15.8. The molecule has 6 nitrogen and oxygen atoms in total. The molecule has 6 heteroatoms. The van der Waals surface area contributed by atoms with Crippen molar-refractivity contribution in [3.8, 4) is 0 Å². The summed E-state index contributed by atoms with van der Waals surface area (Å²) in [6.45, 7) is 3.77. The second kappa shape index (κ2) is 5.84. The smallest absolute Gasteiger partial charge is 0.325 e. The molecule has 26 heavy (non-hydrogen) atoms. The number of rotatable bonds is 4. The molecule has 2 N–H and O–H groups in total. The molecule has 1 aromatic carbocycles. The van der Waals surface area contributed by atoms with Crippen LogP contribution in [0.5, 0.6) is 0 Å². The highest BCUT2D eigenvalue weighted by molar-refractivity contribution is 6.06. The molecule has 2 aliphatic rings. The Bertz CT molecular complexity index is 877. The number of imide groups is 1. The molecule has 1 aromatic heterocycles. The number of H-pyrrole nitrogens is 1. The van der Waals surface area contributed by atoms with Gasteiger partial charge in [0.05, 0.1) is 6.54 Å². The Kier molecular flexibility index (Phi) is 3.84. The molecule has 1 aliphatic heterocycles. The summed E-state index contributed by atoms with van der Waals surface area (Å²) in [5.74, 6) is 0.395. The standard InChI is InChI=1S/C20H26N4O2/c1-20(2)18(25)24(19(26)22-20)11-12-5-6-17-15(7-12)16(10-21-17)13-8-14(9-13)23(3)4/h5-7,10,13-14,21H,8-9,11H2,1-4H3,(H,22,26). The van der Waals surface area contributed by atoms with E-state index in [-0.39, 0.29) is 11.9 Å². The lowest BCUT2D eigenvalue weighted by Crippen LogP contribution is -2.40. The predicted octanol–water partition coefficient (Wildman–Crippen LogP) is 2.81. The van der Waals surface area contributed by atoms with Gasteiger partial charge in [0.2, 0.25) is 0 Å². The van der Waals surface area contributed by atoms with Crippen molar-refractivity contribution in [2.24, 2.45) is 0 Å². The number of nitrogens with zero attached hydrogens (tertiary/aromatic N) is 2. The van der Waals surface area contributed by atoms with Gasteiger partial charge in [-0.05, 0) is 70.0 Å². The van der Waals surface area contributed by atoms with Gasteiger partial charge in [-0.2, -0.15) is 0 Å². The third kappa shape index (κ3) is 2.69. The van der Waals surface area contributed by atoms with E-state index in [2.05, 4.69) is 41.6 Å². The van der Waals surface area contributed by atoms with E-state index in [0.29, 0.717) is 18.5 Å². The number of nitrogens with one attached hydrogen (secondary N) is 2. The summed E-state index contributed by atoms with van der Waals surface area (Å²) in [6, 6.07) is 6.48. The molecule has 3 amide bonds. The Balaban J connectivity index is 1.57. The van der Waals surface area contributed by atoms with E-state index in [1.165, 1.54) is 28.7 Å². The molecule has 1 saturated heterocycles. The summed E-state index contributed by atoms with van der Waals surface area (Å²) < 4.78 is 0. The Morgan fingerprint density at radius 1 is 1.23 bits per heavy atom. The monoisotopic (exact) mass is 354 g/mol. The van der Waals surface area contributed by atoms with Crippen molar-refractivity contribution < 1.29 is 9.59 Å². The van der Waals surface area contributed by atoms with Crippen molar-refractivity contribution in [2.75, 3.05) is 14.1 Å². The molecule has 0 bridgehead atoms. The highest BCUT2D eigenvalue weighted by atomic mass is 16.2. The summed E-state index contributed by atoms with van der Waals surface area (Å²) in [5.41, 5.74) is 2.60. The number of carbonyl (C=O) groups excluding carboxylic acids is 2. The van der Waals surface area contributed by atoms with Crippen LogP contribution in [0.4, 0.5) is 4.79 Å². The fourth-order valence-electron chi connectivity index (χ4n) is 4.03. The van der Waals surface area contributed by atoms with E-state index in [1.807, 2.05) is 12.1 Å². The molecule has 138 valence electrons. The summed E-state index contributed by atoms with van der Waals surface area (Å²) in [7, 11) is 4.27. The lowest BCUT2D eigenvalue weighted by Gasteiger charge is -2.39. The molecule has 0 atom stereocenters. The average Bonchev–Trinajstić information content (AvgIpc) is 3.00. The number of aromatic amines is 1. The van der Waals surface area contributed by atoms with Crippen LogP contribution in [0.15, 0.2) is 24.4 Å². The molecule has 2 fully saturated rings. The first kappa shape index (κ1) is 17.1. The number of amides is 3. The van der Waals surface area contributed by atoms with E-state index < -0.39 is 5.54 Å². The van der Waals surface area contributed by atoms with Gasteiger partial charge in [0.15, 0.2) is 0 Å². The van der Waals surface area contributed by atoms with Crippen LogP contribution < -0.4 is 5.32 Å². The maximum atomic E-state index is 12.4. The van der Waals surface area contributed by atoms with Crippen LogP contribution in [0.1, 0.15) is 43.7 Å². The maximum absolute atomic E-state index is 12.4. The van der Waals surface area contributed by atoms with Gasteiger partial charge in [0.25, 0.3) is 5.91 Å². The Hall–Kier alpha value is -2.34. The minimum Gasteiger partial charge on any atom is -0.361 e. The number of benzene rings is 1. The Labute approximate surface area is 153 Å². The number of urea groups is 1. The minimum atomic E-state index is -0.826. The van der Waals surface area contributed by atoms with Gasteiger partial charge in [0, 0.05) is 23.1 Å². The first-order valence-corrected chi connectivity index (χ1v) is 9.16. The largest absolute Gasteiger partial charge is 0.361 e. The molecule has 1 aliphatic carbocycles. The summed E-state index contributed by atoms with van der Waals surface area (Å²) in [5, 5.41) is 3.94. The van der Waals surface area contributed by atoms with Crippen LogP contribution in [0.2, 0.25) is 0 Å². The van der Waals surface area contributed by atoms with Crippen molar-refractivity contribution in [2.45, 2.75) is 50.7 Å². The van der Waals surface area contributed by atoms with Crippen LogP contribution in [-0.2, 0) is 11.3 Å². The lowest BCUT2D eigenvalue weighted by atomic mass is 9.75. The zero-order chi connectivity index (χ0) is 18.6. The molecule has 1 saturated carbocycles. The minimum absolute atomic E-state index is 0.176. The van der Waals surface area contributed by atoms with E-state index in [9.17, 15) is 9.59 Å². The molecular formula is C20H26N4O2. The summed E-state index contributed by atoms with van der Waals surface area (Å²) >= 11 is 0. The van der Waals surface area contributed by atoms with Gasteiger partial charge in [0.1, 0.15) is 5.54 Å². The number of carbonyl (C=O) groups is 2. The first-order chi connectivity index (χ1) is 12.3. The van der Waals surface area contributed by atoms with Crippen LogP contribution in [-0.4, -0.2) is 52.4 Å². The fraction of sp³-hybridized carbons (Fsp3) is 0.500. The van der Waals surface area contributed by atoms with Gasteiger partial charge in [-0.1, -0.05) is 6.07 Å². The Morgan fingerprint density at radius 3 is 2.58 bits per heavy atom. The molecule has 4 rings (SSSR count). The number of fused-ring (bicyclic) bond motifs is 1. The van der Waals surface area contributed by atoms with Crippen molar-refractivity contribution in [1.29, 1.82) is 0 Å². The van der Waals surface area contributed by atoms with Gasteiger partial charge in [-0.3, -0.25) is 9.69 Å². The number of aromatic nitrogens is 1. The molecule has 0 spiro atoms. The van der Waals surface area contributed by atoms with Gasteiger partial charge in [-0.15, -0.1) is 0 Å². The topological polar surface area (TPSA) is 68.4 Å². The van der Waals surface area contributed by atoms with E-state index in [0.717, 1.165) is 11.1 Å². The van der Waals surface area contributed by atoms with Crippen LogP contribution in [0, 0.1) is 0 Å². The Morgan fingerprint density at radius 2 is 1.96 bits per heavy atom. The molecule has 0 unspecified atom stereocenters. The maximum Gasteiger partial charge on any atom is 0.325 e. The third-order valence-corrected chi connectivity index (χ3v) is 5.85. The highest BCUT2D eigenvalue weighted by Crippen LogP contribution is 2.42. The average molecular weight is 354 g/mol. The van der Waals surface area contributed by atoms with Gasteiger partial charge in [-0.25, -0.2) is 4.79 Å². The molecule has 2 heterocycles. The lowest BCUT2D eigenvalue weighted by molar-refractivity contribution is -0.130. The van der Waals surface area contributed by atoms with E-state index in [1.54, 1.807) is 13.8 Å². The van der Waals surface area contributed by atoms with Crippen molar-refractivity contribution in [3.05, 3.63) is 35.5 Å². The molecule has 0 radical (unpaired) electrons. The van der Waals surface area contributed by atoms with Crippen LogP contribution in [0.25, 0.3) is 10.9 Å². The van der Waals surface area contributed by atoms with Crippen molar-refractivity contribution >= 4 is 22.8 Å². The van der Waals surface area contributed by atoms with Crippen molar-refractivity contribution in [1.82, 2.24) is 20.1 Å². The number of hydrogen-bond acceptors (Lipinski definition) is 3. The SMILES string of the molecule is CN(C)C1CC(c2c[nH]c3ccc(CN4C(=O)NC(C)(C)C4=O)cc23)C1. The highest BCUT2D eigenvalue weighted by Gasteiger charge is 2.44. The van der Waals surface area contributed by atoms with Crippen LogP contribution >= 0.6 is 0 Å². The normalized spacial score (nSPS) is 25.0. The zero-order valence-corrected chi connectivity index (χ0v) is 15.8. The van der Waals surface area contributed by atoms with Gasteiger partial charge >= 0.3 is 6.03 Å². The summed E-state index contributed by atoms with van der Waals surface area (Å²) in [6.07, 6.45) is 4.46. The fourth-order valence-corrected chi connectivity index (χ4v) is 4.03. The predicted molar refractivity (Wildman–Crippen MR) is 101 cm³/mol. The van der Waals surface area contributed by atoms with Gasteiger partial charge < -0.3 is 15.2 Å². The van der Waals surface area contributed by atoms with Crippen molar-refractivity contribution in [3.63, 3.8) is 0 Å². The number of hydrogen-bond donors (Lipinski definition) is 2. The summed E-state index contributed by atoms with van der Waals surface area (Å²) in [4.78, 5) is 31.5. The quantitative estimate of drug-likeness (QED) is 0.830. The second-order valence-corrected chi connectivity index (χ2v) is 8.36. The first-order valence-electron chi connectivity index (χ1n) is 9.16. The van der Waals surface area contributed by atoms with E-state index in [4.69, 9.17) is 0 Å². The third-order valence-electron chi connectivity index (χ3n) is 5.85. The second-order valence-electron chi connectivity index (χ2n) is 8.36. The molecular weight excluding hydrogens is 328 g/mol. The van der Waals surface area contributed by atoms with E-state index >= 15 is 0 Å². The van der Waals surface area contributed by atoms with Crippen LogP contribution in [0.3, 0.4) is 0 Å².